The van der Waals surface area contributed by atoms with Gasteiger partial charge in [0.15, 0.2) is 0 Å². The number of aliphatic carboxylic acids is 2. The maximum Gasteiger partial charge on any atom is 0.322 e. The Labute approximate surface area is 306 Å². The molecule has 0 aliphatic rings. The number of carbonyl (C=O) groups excluding carboxylic acids is 6. The first-order valence-electron chi connectivity index (χ1n) is 17.6. The Bertz CT molecular complexity index is 1590. The van der Waals surface area contributed by atoms with Crippen molar-refractivity contribution in [1.29, 1.82) is 0 Å². The Morgan fingerprint density at radius 3 is 1.92 bits per heavy atom. The number of primary amides is 1. The number of hydrogen-bond acceptors (Lipinski definition) is 9. The van der Waals surface area contributed by atoms with Crippen molar-refractivity contribution in [3.8, 4) is 0 Å². The summed E-state index contributed by atoms with van der Waals surface area (Å²) in [7, 11) is 0. The number of aliphatic hydroxyl groups is 1. The summed E-state index contributed by atoms with van der Waals surface area (Å²) in [6.45, 7) is 2.38. The summed E-state index contributed by atoms with van der Waals surface area (Å²) in [5.74, 6) is -8.84. The third-order valence-corrected chi connectivity index (χ3v) is 8.28. The normalized spacial score (nSPS) is 13.8. The zero-order chi connectivity index (χ0) is 39.5. The molecule has 1 heterocycles. The summed E-state index contributed by atoms with van der Waals surface area (Å²) < 4.78 is 0. The average molecular weight is 746 g/mol. The highest BCUT2D eigenvalue weighted by Gasteiger charge is 2.34. The van der Waals surface area contributed by atoms with Crippen molar-refractivity contribution in [1.82, 2.24) is 31.6 Å². The van der Waals surface area contributed by atoms with E-state index in [0.29, 0.717) is 12.0 Å². The van der Waals surface area contributed by atoms with Crippen LogP contribution in [-0.2, 0) is 44.8 Å². The summed E-state index contributed by atoms with van der Waals surface area (Å²) in [5, 5.41) is 40.4. The summed E-state index contributed by atoms with van der Waals surface area (Å²) in [6, 6.07) is 0.665. The number of rotatable bonds is 25. The first-order chi connectivity index (χ1) is 25.1. The molecule has 18 heteroatoms. The Kier molecular flexibility index (Phi) is 18.5. The van der Waals surface area contributed by atoms with E-state index >= 15 is 0 Å². The van der Waals surface area contributed by atoms with E-state index in [0.717, 1.165) is 56.4 Å². The fourth-order valence-electron chi connectivity index (χ4n) is 5.51. The molecule has 18 nitrogen and oxygen atoms in total. The molecule has 0 fully saturated rings. The van der Waals surface area contributed by atoms with Gasteiger partial charge in [-0.05, 0) is 25.0 Å². The number of fused-ring (bicyclic) bond motifs is 1. The van der Waals surface area contributed by atoms with Crippen molar-refractivity contribution < 1.29 is 53.7 Å². The minimum absolute atomic E-state index is 0.0156. The van der Waals surface area contributed by atoms with E-state index in [2.05, 4.69) is 33.2 Å². The van der Waals surface area contributed by atoms with Crippen LogP contribution in [0.1, 0.15) is 83.6 Å². The molecule has 6 amide bonds. The van der Waals surface area contributed by atoms with Crippen LogP contribution in [0.3, 0.4) is 0 Å². The van der Waals surface area contributed by atoms with Crippen molar-refractivity contribution in [3.05, 3.63) is 36.0 Å². The Balaban J connectivity index is 2.26. The molecule has 0 bridgehead atoms. The summed E-state index contributed by atoms with van der Waals surface area (Å²) >= 11 is 0. The highest BCUT2D eigenvalue weighted by molar-refractivity contribution is 5.98. The molecular weight excluding hydrogens is 694 g/mol. The number of aromatic nitrogens is 1. The fraction of sp³-hybridized carbons (Fsp3) is 0.543. The van der Waals surface area contributed by atoms with E-state index in [4.69, 9.17) is 10.8 Å². The molecule has 1 aromatic carbocycles. The van der Waals surface area contributed by atoms with Gasteiger partial charge < -0.3 is 52.6 Å². The van der Waals surface area contributed by atoms with Gasteiger partial charge in [-0.2, -0.15) is 0 Å². The molecular formula is C35H51N7O11. The smallest absolute Gasteiger partial charge is 0.322 e. The second-order valence-electron chi connectivity index (χ2n) is 12.8. The van der Waals surface area contributed by atoms with E-state index in [-0.39, 0.29) is 12.8 Å². The number of hydrogen-bond donors (Lipinski definition) is 10. The first kappa shape index (κ1) is 43.6. The number of benzene rings is 1. The second-order valence-corrected chi connectivity index (χ2v) is 12.8. The Morgan fingerprint density at radius 1 is 0.736 bits per heavy atom. The fourth-order valence-corrected chi connectivity index (χ4v) is 5.51. The number of aromatic amines is 1. The van der Waals surface area contributed by atoms with Crippen molar-refractivity contribution in [2.45, 2.75) is 115 Å². The Hall–Kier alpha value is -5.52. The number of carboxylic acids is 2. The average Bonchev–Trinajstić information content (AvgIpc) is 3.50. The van der Waals surface area contributed by atoms with Gasteiger partial charge >= 0.3 is 11.9 Å². The predicted molar refractivity (Wildman–Crippen MR) is 191 cm³/mol. The molecule has 53 heavy (non-hydrogen) atoms. The third-order valence-electron chi connectivity index (χ3n) is 8.28. The zero-order valence-corrected chi connectivity index (χ0v) is 29.9. The van der Waals surface area contributed by atoms with Gasteiger partial charge in [0.05, 0.1) is 18.9 Å². The van der Waals surface area contributed by atoms with Crippen LogP contribution in [-0.4, -0.2) is 105 Å². The van der Waals surface area contributed by atoms with Gasteiger partial charge in [0.25, 0.3) is 0 Å². The van der Waals surface area contributed by atoms with E-state index in [1.807, 2.05) is 23.5 Å². The lowest BCUT2D eigenvalue weighted by Gasteiger charge is -2.26. The minimum atomic E-state index is -1.90. The maximum atomic E-state index is 13.8. The molecule has 0 aliphatic heterocycles. The molecule has 11 N–H and O–H groups in total. The molecule has 0 saturated carbocycles. The number of H-pyrrole nitrogens is 1. The number of para-hydroxylation sites is 1. The third kappa shape index (κ3) is 15.7. The van der Waals surface area contributed by atoms with E-state index < -0.39 is 97.0 Å². The van der Waals surface area contributed by atoms with Crippen LogP contribution in [0.4, 0.5) is 0 Å². The first-order valence-corrected chi connectivity index (χ1v) is 17.6. The van der Waals surface area contributed by atoms with Crippen molar-refractivity contribution in [2.24, 2.45) is 5.73 Å². The van der Waals surface area contributed by atoms with Gasteiger partial charge in [-0.15, -0.1) is 0 Å². The van der Waals surface area contributed by atoms with E-state index in [1.165, 1.54) is 0 Å². The van der Waals surface area contributed by atoms with Gasteiger partial charge in [-0.25, -0.2) is 0 Å². The minimum Gasteiger partial charge on any atom is -0.481 e. The zero-order valence-electron chi connectivity index (χ0n) is 29.9. The lowest BCUT2D eigenvalue weighted by atomic mass is 10.0. The standard InChI is InChI=1S/C35H51N7O11/c1-3-4-5-6-7-8-9-14-28(45)39-24(15-21-18-37-23-13-11-10-12-22(21)23)32(50)40-25(16-27(36)44)33(51)41-26(17-29(46)47)34(52)42-31(20(2)43)35(53)38-19-30(48)49/h10-13,18,20,24-26,31,37,43H,3-9,14-17,19H2,1-2H3,(H2,36,44)(H,38,53)(H,39,45)(H,40,50)(H,41,51)(H,42,52)(H,46,47)(H,48,49). The van der Waals surface area contributed by atoms with Crippen LogP contribution < -0.4 is 32.3 Å². The molecule has 2 rings (SSSR count). The molecule has 1 aromatic heterocycles. The molecule has 292 valence electrons. The van der Waals surface area contributed by atoms with Crippen LogP contribution in [0.15, 0.2) is 30.5 Å². The highest BCUT2D eigenvalue weighted by atomic mass is 16.4. The van der Waals surface area contributed by atoms with E-state index in [9.17, 15) is 48.6 Å². The molecule has 0 spiro atoms. The van der Waals surface area contributed by atoms with Gasteiger partial charge in [0.1, 0.15) is 30.7 Å². The lowest BCUT2D eigenvalue weighted by Crippen LogP contribution is -2.60. The monoisotopic (exact) mass is 745 g/mol. The number of nitrogens with two attached hydrogens (primary N) is 1. The van der Waals surface area contributed by atoms with Crippen LogP contribution in [0.25, 0.3) is 10.9 Å². The Morgan fingerprint density at radius 2 is 1.32 bits per heavy atom. The van der Waals surface area contributed by atoms with Crippen LogP contribution in [0.5, 0.6) is 0 Å². The lowest BCUT2D eigenvalue weighted by molar-refractivity contribution is -0.142. The maximum absolute atomic E-state index is 13.8. The molecule has 0 radical (unpaired) electrons. The molecule has 5 unspecified atom stereocenters. The second kappa shape index (κ2) is 22.4. The van der Waals surface area contributed by atoms with Crippen LogP contribution >= 0.6 is 0 Å². The SMILES string of the molecule is CCCCCCCCCC(=O)NC(Cc1c[nH]c2ccccc12)C(=O)NC(CC(N)=O)C(=O)NC(CC(=O)O)C(=O)NC(C(=O)NCC(=O)O)C(C)O. The topological polar surface area (TPSA) is 299 Å². The quantitative estimate of drug-likeness (QED) is 0.0590. The number of amides is 6. The highest BCUT2D eigenvalue weighted by Crippen LogP contribution is 2.19. The van der Waals surface area contributed by atoms with Crippen molar-refractivity contribution in [3.63, 3.8) is 0 Å². The van der Waals surface area contributed by atoms with E-state index in [1.54, 1.807) is 12.3 Å². The number of aliphatic hydroxyl groups excluding tert-OH is 1. The largest absolute Gasteiger partial charge is 0.481 e. The van der Waals surface area contributed by atoms with Crippen molar-refractivity contribution >= 4 is 58.3 Å². The number of carboxylic acid groups (broad SMARTS) is 2. The van der Waals surface area contributed by atoms with Crippen LogP contribution in [0.2, 0.25) is 0 Å². The molecule has 2 aromatic rings. The number of nitrogens with one attached hydrogen (secondary N) is 6. The molecule has 0 saturated heterocycles. The number of carbonyl (C=O) groups is 8. The molecule has 0 aliphatic carbocycles. The number of unbranched alkanes of at least 4 members (excludes halogenated alkanes) is 6. The van der Waals surface area contributed by atoms with Crippen LogP contribution in [0, 0.1) is 0 Å². The molecule has 5 atom stereocenters. The van der Waals surface area contributed by atoms with Gasteiger partial charge in [-0.3, -0.25) is 38.4 Å². The van der Waals surface area contributed by atoms with Gasteiger partial charge in [0.2, 0.25) is 35.4 Å². The summed E-state index contributed by atoms with van der Waals surface area (Å²) in [4.78, 5) is 103. The summed E-state index contributed by atoms with van der Waals surface area (Å²) in [6.07, 6.45) is 5.24. The van der Waals surface area contributed by atoms with Gasteiger partial charge in [-0.1, -0.05) is 63.6 Å². The predicted octanol–water partition coefficient (Wildman–Crippen LogP) is -0.278. The van der Waals surface area contributed by atoms with Crippen molar-refractivity contribution in [2.75, 3.05) is 6.54 Å². The van der Waals surface area contributed by atoms with Gasteiger partial charge in [0, 0.05) is 29.9 Å². The summed E-state index contributed by atoms with van der Waals surface area (Å²) in [5.41, 5.74) is 6.82.